The Labute approximate surface area is 114 Å². The Hall–Kier alpha value is -0.840. The number of benzene rings is 1. The van der Waals surface area contributed by atoms with Crippen LogP contribution in [0.25, 0.3) is 5.69 Å². The molecule has 1 aromatic carbocycles. The van der Waals surface area contributed by atoms with E-state index in [0.29, 0.717) is 5.02 Å². The summed E-state index contributed by atoms with van der Waals surface area (Å²) >= 11 is 9.61. The van der Waals surface area contributed by atoms with Crippen LogP contribution in [0.15, 0.2) is 35.2 Å². The summed E-state index contributed by atoms with van der Waals surface area (Å²) in [4.78, 5) is 4.14. The molecule has 0 saturated heterocycles. The zero-order valence-electron chi connectivity index (χ0n) is 9.40. The Kier molecular flexibility index (Phi) is 3.86. The van der Waals surface area contributed by atoms with Gasteiger partial charge in [0.05, 0.1) is 28.9 Å². The maximum atomic E-state index is 6.22. The summed E-state index contributed by atoms with van der Waals surface area (Å²) in [5, 5.41) is 0.668. The fourth-order valence-electron chi connectivity index (χ4n) is 1.67. The van der Waals surface area contributed by atoms with E-state index in [2.05, 4.69) is 20.9 Å². The molecule has 0 fully saturated rings. The summed E-state index contributed by atoms with van der Waals surface area (Å²) in [6, 6.07) is 5.72. The van der Waals surface area contributed by atoms with Crippen LogP contribution in [0.3, 0.4) is 0 Å². The molecule has 0 bridgehead atoms. The largest absolute Gasteiger partial charge is 0.323 e. The van der Waals surface area contributed by atoms with E-state index in [9.17, 15) is 0 Å². The topological polar surface area (TPSA) is 43.8 Å². The molecule has 0 radical (unpaired) electrons. The Morgan fingerprint density at radius 3 is 2.94 bits per heavy atom. The minimum atomic E-state index is -0.0304. The van der Waals surface area contributed by atoms with Crippen LogP contribution >= 0.6 is 27.5 Å². The van der Waals surface area contributed by atoms with Gasteiger partial charge in [0.15, 0.2) is 0 Å². The molecule has 0 unspecified atom stereocenters. The minimum Gasteiger partial charge on any atom is -0.323 e. The van der Waals surface area contributed by atoms with Crippen molar-refractivity contribution in [2.24, 2.45) is 5.73 Å². The average Bonchev–Trinajstić information content (AvgIpc) is 2.77. The van der Waals surface area contributed by atoms with Crippen LogP contribution in [0, 0.1) is 0 Å². The van der Waals surface area contributed by atoms with Gasteiger partial charge < -0.3 is 10.3 Å². The second-order valence-corrected chi connectivity index (χ2v) is 5.12. The van der Waals surface area contributed by atoms with Gasteiger partial charge in [-0.05, 0) is 24.6 Å². The van der Waals surface area contributed by atoms with Crippen molar-refractivity contribution in [1.82, 2.24) is 9.55 Å². The maximum absolute atomic E-state index is 6.22. The highest BCUT2D eigenvalue weighted by Gasteiger charge is 2.12. The highest BCUT2D eigenvalue weighted by Crippen LogP contribution is 2.27. The molecule has 2 aromatic rings. The first-order chi connectivity index (χ1) is 8.13. The predicted molar refractivity (Wildman–Crippen MR) is 73.5 cm³/mol. The number of imidazole rings is 1. The minimum absolute atomic E-state index is 0.0304. The third kappa shape index (κ3) is 2.54. The Bertz CT molecular complexity index is 524. The van der Waals surface area contributed by atoms with Crippen molar-refractivity contribution in [3.63, 3.8) is 0 Å². The molecule has 0 aliphatic heterocycles. The Morgan fingerprint density at radius 1 is 1.53 bits per heavy atom. The van der Waals surface area contributed by atoms with Crippen LogP contribution in [0.2, 0.25) is 5.02 Å². The molecule has 0 spiro atoms. The number of aromatic nitrogens is 2. The van der Waals surface area contributed by atoms with Gasteiger partial charge >= 0.3 is 0 Å². The average molecular weight is 315 g/mol. The molecule has 17 heavy (non-hydrogen) atoms. The standard InChI is InChI=1S/C12H13BrClN3/c1-2-10(15)12-6-16-7-17(12)11-4-3-8(13)5-9(11)14/h3-7,10H,2,15H2,1H3/t10-/m1/s1. The van der Waals surface area contributed by atoms with Crippen LogP contribution in [-0.2, 0) is 0 Å². The zero-order valence-corrected chi connectivity index (χ0v) is 11.7. The van der Waals surface area contributed by atoms with Crippen molar-refractivity contribution in [3.05, 3.63) is 45.9 Å². The van der Waals surface area contributed by atoms with Crippen LogP contribution in [0.5, 0.6) is 0 Å². The SMILES string of the molecule is CC[C@@H](N)c1cncn1-c1ccc(Br)cc1Cl. The van der Waals surface area contributed by atoms with Gasteiger partial charge in [0.2, 0.25) is 0 Å². The van der Waals surface area contributed by atoms with Gasteiger partial charge in [0.25, 0.3) is 0 Å². The summed E-state index contributed by atoms with van der Waals surface area (Å²) in [5.74, 6) is 0. The van der Waals surface area contributed by atoms with Crippen molar-refractivity contribution in [2.75, 3.05) is 0 Å². The fraction of sp³-hybridized carbons (Fsp3) is 0.250. The molecule has 0 amide bonds. The summed E-state index contributed by atoms with van der Waals surface area (Å²) < 4.78 is 2.89. The molecule has 5 heteroatoms. The maximum Gasteiger partial charge on any atom is 0.0995 e. The van der Waals surface area contributed by atoms with Crippen LogP contribution in [-0.4, -0.2) is 9.55 Å². The molecular formula is C12H13BrClN3. The number of hydrogen-bond acceptors (Lipinski definition) is 2. The lowest BCUT2D eigenvalue weighted by atomic mass is 10.2. The van der Waals surface area contributed by atoms with Gasteiger partial charge in [-0.1, -0.05) is 34.5 Å². The lowest BCUT2D eigenvalue weighted by Crippen LogP contribution is -2.13. The van der Waals surface area contributed by atoms with Crippen molar-refractivity contribution < 1.29 is 0 Å². The van der Waals surface area contributed by atoms with Crippen LogP contribution < -0.4 is 5.73 Å². The van der Waals surface area contributed by atoms with Gasteiger partial charge in [-0.3, -0.25) is 0 Å². The first-order valence-electron chi connectivity index (χ1n) is 5.36. The number of nitrogens with two attached hydrogens (primary N) is 1. The normalized spacial score (nSPS) is 12.7. The van der Waals surface area contributed by atoms with Crippen molar-refractivity contribution in [1.29, 1.82) is 0 Å². The highest BCUT2D eigenvalue weighted by atomic mass is 79.9. The summed E-state index contributed by atoms with van der Waals surface area (Å²) in [6.45, 7) is 2.05. The van der Waals surface area contributed by atoms with Gasteiger partial charge in [0, 0.05) is 10.5 Å². The molecule has 90 valence electrons. The van der Waals surface area contributed by atoms with E-state index < -0.39 is 0 Å². The van der Waals surface area contributed by atoms with Gasteiger partial charge in [0.1, 0.15) is 0 Å². The smallest absolute Gasteiger partial charge is 0.0995 e. The molecule has 1 atom stereocenters. The predicted octanol–water partition coefficient (Wildman–Crippen LogP) is 3.70. The van der Waals surface area contributed by atoms with E-state index in [0.717, 1.165) is 22.3 Å². The first kappa shape index (κ1) is 12.6. The Balaban J connectivity index is 2.50. The molecule has 0 saturated carbocycles. The summed E-state index contributed by atoms with van der Waals surface area (Å²) in [5.41, 5.74) is 7.91. The molecule has 2 rings (SSSR count). The second kappa shape index (κ2) is 5.21. The van der Waals surface area contributed by atoms with Gasteiger partial charge in [-0.25, -0.2) is 4.98 Å². The van der Waals surface area contributed by atoms with Crippen LogP contribution in [0.4, 0.5) is 0 Å². The lowest BCUT2D eigenvalue weighted by molar-refractivity contribution is 0.660. The Morgan fingerprint density at radius 2 is 2.29 bits per heavy atom. The number of halogens is 2. The van der Waals surface area contributed by atoms with E-state index in [-0.39, 0.29) is 6.04 Å². The first-order valence-corrected chi connectivity index (χ1v) is 6.53. The second-order valence-electron chi connectivity index (χ2n) is 3.80. The van der Waals surface area contributed by atoms with E-state index in [1.165, 1.54) is 0 Å². The molecule has 1 aromatic heterocycles. The van der Waals surface area contributed by atoms with E-state index in [1.54, 1.807) is 12.5 Å². The van der Waals surface area contributed by atoms with Gasteiger partial charge in [-0.15, -0.1) is 0 Å². The number of hydrogen-bond donors (Lipinski definition) is 1. The fourth-order valence-corrected chi connectivity index (χ4v) is 2.43. The molecule has 0 aliphatic carbocycles. The van der Waals surface area contributed by atoms with Crippen LogP contribution in [0.1, 0.15) is 25.1 Å². The van der Waals surface area contributed by atoms with E-state index in [1.807, 2.05) is 29.7 Å². The number of rotatable bonds is 3. The summed E-state index contributed by atoms with van der Waals surface area (Å²) in [7, 11) is 0. The quantitative estimate of drug-likeness (QED) is 0.939. The van der Waals surface area contributed by atoms with Crippen molar-refractivity contribution >= 4 is 27.5 Å². The van der Waals surface area contributed by atoms with E-state index >= 15 is 0 Å². The molecule has 1 heterocycles. The third-order valence-corrected chi connectivity index (χ3v) is 3.45. The third-order valence-electron chi connectivity index (χ3n) is 2.66. The highest BCUT2D eigenvalue weighted by molar-refractivity contribution is 9.10. The monoisotopic (exact) mass is 313 g/mol. The summed E-state index contributed by atoms with van der Waals surface area (Å²) in [6.07, 6.45) is 4.38. The van der Waals surface area contributed by atoms with Gasteiger partial charge in [-0.2, -0.15) is 0 Å². The van der Waals surface area contributed by atoms with Crippen molar-refractivity contribution in [3.8, 4) is 5.69 Å². The molecule has 0 aliphatic rings. The molecular weight excluding hydrogens is 302 g/mol. The van der Waals surface area contributed by atoms with Crippen molar-refractivity contribution in [2.45, 2.75) is 19.4 Å². The lowest BCUT2D eigenvalue weighted by Gasteiger charge is -2.14. The molecule has 3 nitrogen and oxygen atoms in total. The number of nitrogens with zero attached hydrogens (tertiary/aromatic N) is 2. The zero-order chi connectivity index (χ0) is 12.4. The molecule has 2 N–H and O–H groups in total. The van der Waals surface area contributed by atoms with E-state index in [4.69, 9.17) is 17.3 Å².